The van der Waals surface area contributed by atoms with Crippen LogP contribution in [0.15, 0.2) is 54.6 Å². The zero-order valence-electron chi connectivity index (χ0n) is 12.5. The summed E-state index contributed by atoms with van der Waals surface area (Å²) in [6, 6.07) is 17.3. The van der Waals surface area contributed by atoms with Crippen LogP contribution in [-0.4, -0.2) is 30.3 Å². The minimum absolute atomic E-state index is 0.111. The minimum atomic E-state index is -0.111. The zero-order valence-corrected chi connectivity index (χ0v) is 13.3. The third-order valence-electron chi connectivity index (χ3n) is 4.29. The van der Waals surface area contributed by atoms with Crippen LogP contribution >= 0.6 is 11.6 Å². The highest BCUT2D eigenvalue weighted by molar-refractivity contribution is 6.30. The van der Waals surface area contributed by atoms with Crippen LogP contribution < -0.4 is 0 Å². The molecule has 1 atom stereocenters. The first kappa shape index (κ1) is 15.3. The first-order valence-corrected chi connectivity index (χ1v) is 8.19. The second kappa shape index (κ2) is 7.08. The molecule has 0 bridgehead atoms. The second-order valence-electron chi connectivity index (χ2n) is 5.84. The minimum Gasteiger partial charge on any atom is -0.302 e. The molecule has 3 heteroatoms. The van der Waals surface area contributed by atoms with Gasteiger partial charge in [0.1, 0.15) is 0 Å². The van der Waals surface area contributed by atoms with Crippen molar-refractivity contribution in [1.29, 1.82) is 0 Å². The van der Waals surface area contributed by atoms with Crippen molar-refractivity contribution in [2.24, 2.45) is 0 Å². The number of benzene rings is 2. The van der Waals surface area contributed by atoms with E-state index in [0.29, 0.717) is 5.02 Å². The highest BCUT2D eigenvalue weighted by Gasteiger charge is 2.25. The van der Waals surface area contributed by atoms with E-state index in [2.05, 4.69) is 17.0 Å². The van der Waals surface area contributed by atoms with E-state index in [1.54, 1.807) is 12.1 Å². The Labute approximate surface area is 136 Å². The summed E-state index contributed by atoms with van der Waals surface area (Å²) in [6.07, 6.45) is 2.47. The molecule has 0 radical (unpaired) electrons. The van der Waals surface area contributed by atoms with Crippen LogP contribution in [0.4, 0.5) is 0 Å². The quantitative estimate of drug-likeness (QED) is 0.762. The van der Waals surface area contributed by atoms with Gasteiger partial charge < -0.3 is 4.90 Å². The maximum atomic E-state index is 13.0. The molecule has 2 nitrogen and oxygen atoms in total. The molecule has 1 saturated heterocycles. The van der Waals surface area contributed by atoms with Crippen molar-refractivity contribution in [3.63, 3.8) is 0 Å². The van der Waals surface area contributed by atoms with Crippen LogP contribution in [0.1, 0.15) is 34.7 Å². The molecule has 3 rings (SSSR count). The normalized spacial score (nSPS) is 16.6. The van der Waals surface area contributed by atoms with Gasteiger partial charge in [0, 0.05) is 17.1 Å². The maximum absolute atomic E-state index is 13.0. The van der Waals surface area contributed by atoms with Gasteiger partial charge in [-0.2, -0.15) is 0 Å². The van der Waals surface area contributed by atoms with Crippen molar-refractivity contribution < 1.29 is 4.79 Å². The lowest BCUT2D eigenvalue weighted by Gasteiger charge is -2.23. The van der Waals surface area contributed by atoms with Crippen LogP contribution in [0.2, 0.25) is 5.02 Å². The predicted molar refractivity (Wildman–Crippen MR) is 90.6 cm³/mol. The topological polar surface area (TPSA) is 20.3 Å². The van der Waals surface area contributed by atoms with E-state index in [4.69, 9.17) is 11.6 Å². The Kier molecular flexibility index (Phi) is 4.91. The molecule has 1 fully saturated rings. The summed E-state index contributed by atoms with van der Waals surface area (Å²) in [4.78, 5) is 15.4. The van der Waals surface area contributed by atoms with E-state index >= 15 is 0 Å². The van der Waals surface area contributed by atoms with E-state index in [1.807, 2.05) is 30.3 Å². The van der Waals surface area contributed by atoms with Crippen molar-refractivity contribution in [3.8, 4) is 0 Å². The van der Waals surface area contributed by atoms with Gasteiger partial charge in [-0.1, -0.05) is 41.9 Å². The van der Waals surface area contributed by atoms with Gasteiger partial charge in [0.2, 0.25) is 0 Å². The van der Waals surface area contributed by atoms with E-state index in [0.717, 1.165) is 30.8 Å². The van der Waals surface area contributed by atoms with Gasteiger partial charge in [-0.25, -0.2) is 0 Å². The Bertz CT molecular complexity index is 618. The van der Waals surface area contributed by atoms with Crippen LogP contribution in [0.5, 0.6) is 0 Å². The lowest BCUT2D eigenvalue weighted by atomic mass is 9.90. The number of ketones is 1. The monoisotopic (exact) mass is 313 g/mol. The van der Waals surface area contributed by atoms with E-state index < -0.39 is 0 Å². The van der Waals surface area contributed by atoms with Gasteiger partial charge in [-0.3, -0.25) is 4.79 Å². The third kappa shape index (κ3) is 3.57. The molecule has 0 saturated carbocycles. The second-order valence-corrected chi connectivity index (χ2v) is 6.28. The van der Waals surface area contributed by atoms with Gasteiger partial charge in [-0.05, 0) is 55.8 Å². The number of likely N-dealkylation sites (tertiary alicyclic amines) is 1. The average Bonchev–Trinajstić information content (AvgIpc) is 3.07. The maximum Gasteiger partial charge on any atom is 0.171 e. The molecule has 2 aromatic rings. The molecule has 114 valence electrons. The molecule has 0 aliphatic carbocycles. The number of carbonyl (C=O) groups is 1. The highest BCUT2D eigenvalue weighted by Crippen LogP contribution is 2.24. The summed E-state index contributed by atoms with van der Waals surface area (Å²) in [6.45, 7) is 2.99. The van der Waals surface area contributed by atoms with E-state index in [1.165, 1.54) is 12.8 Å². The molecule has 1 heterocycles. The molecule has 0 spiro atoms. The molecule has 22 heavy (non-hydrogen) atoms. The Morgan fingerprint density at radius 2 is 1.64 bits per heavy atom. The summed E-state index contributed by atoms with van der Waals surface area (Å²) < 4.78 is 0. The molecule has 2 aromatic carbocycles. The van der Waals surface area contributed by atoms with Gasteiger partial charge >= 0.3 is 0 Å². The Morgan fingerprint density at radius 3 is 2.27 bits per heavy atom. The van der Waals surface area contributed by atoms with Crippen molar-refractivity contribution in [3.05, 3.63) is 70.7 Å². The fraction of sp³-hybridized carbons (Fsp3) is 0.316. The lowest BCUT2D eigenvalue weighted by molar-refractivity contribution is 0.0939. The first-order chi connectivity index (χ1) is 10.7. The van der Waals surface area contributed by atoms with Crippen LogP contribution in [0.25, 0.3) is 0 Å². The standard InChI is InChI=1S/C19H20ClNO/c20-17-10-8-16(9-11-17)19(22)18(14-21-12-4-5-13-21)15-6-2-1-3-7-15/h1-3,6-11,18H,4-5,12-14H2/t18-/m1/s1. The van der Waals surface area contributed by atoms with Crippen LogP contribution in [-0.2, 0) is 0 Å². The Balaban J connectivity index is 1.86. The number of hydrogen-bond donors (Lipinski definition) is 0. The predicted octanol–water partition coefficient (Wildman–Crippen LogP) is 4.40. The van der Waals surface area contributed by atoms with Gasteiger partial charge in [-0.15, -0.1) is 0 Å². The van der Waals surface area contributed by atoms with Gasteiger partial charge in [0.15, 0.2) is 5.78 Å². The first-order valence-electron chi connectivity index (χ1n) is 7.81. The molecule has 1 aliphatic rings. The summed E-state index contributed by atoms with van der Waals surface area (Å²) in [7, 11) is 0. The summed E-state index contributed by atoms with van der Waals surface area (Å²) in [5.41, 5.74) is 1.83. The summed E-state index contributed by atoms with van der Waals surface area (Å²) >= 11 is 5.93. The third-order valence-corrected chi connectivity index (χ3v) is 4.54. The smallest absolute Gasteiger partial charge is 0.171 e. The molecular weight excluding hydrogens is 294 g/mol. The largest absolute Gasteiger partial charge is 0.302 e. The van der Waals surface area contributed by atoms with E-state index in [9.17, 15) is 4.79 Å². The fourth-order valence-corrected chi connectivity index (χ4v) is 3.19. The SMILES string of the molecule is O=C(c1ccc(Cl)cc1)[C@H](CN1CCCC1)c1ccccc1. The van der Waals surface area contributed by atoms with Crippen molar-refractivity contribution in [2.75, 3.05) is 19.6 Å². The van der Waals surface area contributed by atoms with E-state index in [-0.39, 0.29) is 11.7 Å². The molecule has 1 aliphatic heterocycles. The zero-order chi connectivity index (χ0) is 15.4. The molecule has 0 unspecified atom stereocenters. The molecular formula is C19H20ClNO. The summed E-state index contributed by atoms with van der Waals surface area (Å²) in [5.74, 6) is 0.0650. The molecule has 0 amide bonds. The Hall–Kier alpha value is -1.64. The number of Topliss-reactive ketones (excluding diaryl/α,β-unsaturated/α-hetero) is 1. The average molecular weight is 314 g/mol. The number of hydrogen-bond acceptors (Lipinski definition) is 2. The van der Waals surface area contributed by atoms with Crippen molar-refractivity contribution >= 4 is 17.4 Å². The van der Waals surface area contributed by atoms with Gasteiger partial charge in [0.05, 0.1) is 5.92 Å². The fourth-order valence-electron chi connectivity index (χ4n) is 3.06. The number of halogens is 1. The van der Waals surface area contributed by atoms with Crippen molar-refractivity contribution in [1.82, 2.24) is 4.90 Å². The summed E-state index contributed by atoms with van der Waals surface area (Å²) in [5, 5.41) is 0.660. The number of nitrogens with zero attached hydrogens (tertiary/aromatic N) is 1. The number of carbonyl (C=O) groups excluding carboxylic acids is 1. The van der Waals surface area contributed by atoms with Gasteiger partial charge in [0.25, 0.3) is 0 Å². The highest BCUT2D eigenvalue weighted by atomic mass is 35.5. The molecule has 0 N–H and O–H groups in total. The van der Waals surface area contributed by atoms with Crippen LogP contribution in [0, 0.1) is 0 Å². The van der Waals surface area contributed by atoms with Crippen LogP contribution in [0.3, 0.4) is 0 Å². The Morgan fingerprint density at radius 1 is 1.00 bits per heavy atom. The number of rotatable bonds is 5. The molecule has 0 aromatic heterocycles. The van der Waals surface area contributed by atoms with Crippen molar-refractivity contribution in [2.45, 2.75) is 18.8 Å². The lowest BCUT2D eigenvalue weighted by Crippen LogP contribution is -2.30.